The molecule has 318 valence electrons. The minimum atomic E-state index is 0.302. The van der Waals surface area contributed by atoms with Crippen molar-refractivity contribution in [3.05, 3.63) is 242 Å². The lowest BCUT2D eigenvalue weighted by molar-refractivity contribution is 0.854. The molecule has 7 aromatic carbocycles. The molecule has 1 unspecified atom stereocenters. The summed E-state index contributed by atoms with van der Waals surface area (Å²) in [5.41, 5.74) is 16.3. The molecule has 0 radical (unpaired) electrons. The quantitative estimate of drug-likeness (QED) is 0.145. The Hall–Kier alpha value is -8.54. The highest BCUT2D eigenvalue weighted by molar-refractivity contribution is 6.13. The normalized spacial score (nSPS) is 14.4. The summed E-state index contributed by atoms with van der Waals surface area (Å²) in [4.78, 5) is 15.6. The lowest BCUT2D eigenvalue weighted by atomic mass is 9.89. The zero-order valence-corrected chi connectivity index (χ0v) is 36.9. The molecule has 0 aliphatic heterocycles. The first-order valence-electron chi connectivity index (χ1n) is 23.1. The Balaban J connectivity index is 1.04. The molecule has 0 saturated carbocycles. The van der Waals surface area contributed by atoms with Gasteiger partial charge in [-0.15, -0.1) is 0 Å². The van der Waals surface area contributed by atoms with Crippen molar-refractivity contribution in [2.45, 2.75) is 25.2 Å². The summed E-state index contributed by atoms with van der Waals surface area (Å²) in [7, 11) is 0. The Morgan fingerprint density at radius 3 is 1.72 bits per heavy atom. The lowest BCUT2D eigenvalue weighted by Gasteiger charge is -2.18. The topological polar surface area (TPSA) is 56.0 Å². The van der Waals surface area contributed by atoms with E-state index < -0.39 is 0 Å². The second kappa shape index (κ2) is 17.4. The van der Waals surface area contributed by atoms with Gasteiger partial charge in [-0.25, -0.2) is 19.5 Å². The monoisotopic (exact) mass is 859 g/mol. The van der Waals surface area contributed by atoms with Gasteiger partial charge in [0.2, 0.25) is 0 Å². The third kappa shape index (κ3) is 7.60. The highest BCUT2D eigenvalue weighted by atomic mass is 15.2. The van der Waals surface area contributed by atoms with E-state index in [4.69, 9.17) is 20.1 Å². The number of allylic oxidation sites excluding steroid dienone is 8. The SMILES string of the molecule is C1=CCCC(c2c(-c3ccccc3)nn3c(-c4ccccc4)c(-c4ccc(-c5nc(-c6cccc(-c7ccccc7)c6)nc(-c6cccc(C7C=CC=CC7)c6)n5)cc4)c4ccccc4c23)=C1. The molecule has 0 amide bonds. The van der Waals surface area contributed by atoms with Crippen molar-refractivity contribution >= 4 is 21.9 Å². The predicted octanol–water partition coefficient (Wildman–Crippen LogP) is 15.7. The fraction of sp³-hybridized carbons (Fsp3) is 0.0645. The number of nitrogens with zero attached hydrogens (tertiary/aromatic N) is 5. The van der Waals surface area contributed by atoms with Crippen molar-refractivity contribution in [2.75, 3.05) is 0 Å². The van der Waals surface area contributed by atoms with E-state index in [1.165, 1.54) is 22.1 Å². The minimum Gasteiger partial charge on any atom is -0.231 e. The van der Waals surface area contributed by atoms with Crippen LogP contribution in [0.3, 0.4) is 0 Å². The van der Waals surface area contributed by atoms with Gasteiger partial charge in [0.25, 0.3) is 0 Å². The molecule has 1 atom stereocenters. The van der Waals surface area contributed by atoms with Crippen LogP contribution in [-0.4, -0.2) is 24.6 Å². The number of pyridine rings is 1. The maximum atomic E-state index is 5.59. The van der Waals surface area contributed by atoms with Gasteiger partial charge >= 0.3 is 0 Å². The van der Waals surface area contributed by atoms with Gasteiger partial charge in [0, 0.05) is 50.2 Å². The number of hydrogen-bond acceptors (Lipinski definition) is 4. The molecule has 67 heavy (non-hydrogen) atoms. The van der Waals surface area contributed by atoms with Crippen LogP contribution in [-0.2, 0) is 0 Å². The van der Waals surface area contributed by atoms with E-state index in [0.717, 1.165) is 91.6 Å². The Bertz CT molecular complexity index is 3580. The highest BCUT2D eigenvalue weighted by Gasteiger charge is 2.26. The van der Waals surface area contributed by atoms with E-state index in [2.05, 4.69) is 229 Å². The van der Waals surface area contributed by atoms with Crippen molar-refractivity contribution in [1.82, 2.24) is 24.6 Å². The average Bonchev–Trinajstić information content (AvgIpc) is 3.83. The lowest BCUT2D eigenvalue weighted by Crippen LogP contribution is -2.02. The van der Waals surface area contributed by atoms with Gasteiger partial charge in [-0.1, -0.05) is 218 Å². The molecule has 0 spiro atoms. The summed E-state index contributed by atoms with van der Waals surface area (Å²) in [6.45, 7) is 0. The van der Waals surface area contributed by atoms with Gasteiger partial charge in [-0.2, -0.15) is 5.10 Å². The molecule has 5 heteroatoms. The summed E-state index contributed by atoms with van der Waals surface area (Å²) < 4.78 is 2.22. The molecule has 0 fully saturated rings. The molecule has 3 aromatic heterocycles. The van der Waals surface area contributed by atoms with Crippen LogP contribution in [0.15, 0.2) is 231 Å². The molecular formula is C62H45N5. The number of fused-ring (bicyclic) bond motifs is 3. The smallest absolute Gasteiger partial charge is 0.164 e. The van der Waals surface area contributed by atoms with Crippen molar-refractivity contribution in [1.29, 1.82) is 0 Å². The first kappa shape index (κ1) is 40.0. The largest absolute Gasteiger partial charge is 0.231 e. The van der Waals surface area contributed by atoms with Crippen LogP contribution < -0.4 is 0 Å². The summed E-state index contributed by atoms with van der Waals surface area (Å²) in [5, 5.41) is 7.92. The third-order valence-electron chi connectivity index (χ3n) is 13.1. The van der Waals surface area contributed by atoms with Crippen LogP contribution >= 0.6 is 0 Å². The van der Waals surface area contributed by atoms with Crippen LogP contribution in [0.2, 0.25) is 0 Å². The van der Waals surface area contributed by atoms with Crippen molar-refractivity contribution in [3.8, 4) is 78.9 Å². The van der Waals surface area contributed by atoms with Crippen LogP contribution in [0.25, 0.3) is 101 Å². The fourth-order valence-corrected chi connectivity index (χ4v) is 9.79. The maximum absolute atomic E-state index is 5.59. The van der Waals surface area contributed by atoms with Gasteiger partial charge in [0.05, 0.1) is 11.2 Å². The predicted molar refractivity (Wildman–Crippen MR) is 276 cm³/mol. The first-order chi connectivity index (χ1) is 33.2. The number of hydrogen-bond donors (Lipinski definition) is 0. The van der Waals surface area contributed by atoms with Crippen LogP contribution in [0.4, 0.5) is 0 Å². The van der Waals surface area contributed by atoms with Gasteiger partial charge in [0.15, 0.2) is 17.5 Å². The third-order valence-corrected chi connectivity index (χ3v) is 13.1. The molecule has 0 saturated heterocycles. The summed E-state index contributed by atoms with van der Waals surface area (Å²) >= 11 is 0. The molecule has 2 aliphatic carbocycles. The highest BCUT2D eigenvalue weighted by Crippen LogP contribution is 2.46. The Kier molecular flexibility index (Phi) is 10.4. The zero-order valence-electron chi connectivity index (χ0n) is 36.9. The van der Waals surface area contributed by atoms with Crippen LogP contribution in [0, 0.1) is 0 Å². The first-order valence-corrected chi connectivity index (χ1v) is 23.1. The van der Waals surface area contributed by atoms with Gasteiger partial charge in [-0.05, 0) is 64.6 Å². The number of aromatic nitrogens is 5. The van der Waals surface area contributed by atoms with Gasteiger partial charge < -0.3 is 0 Å². The van der Waals surface area contributed by atoms with E-state index in [1.807, 2.05) is 6.07 Å². The molecule has 5 nitrogen and oxygen atoms in total. The van der Waals surface area contributed by atoms with Crippen molar-refractivity contribution in [3.63, 3.8) is 0 Å². The number of rotatable bonds is 9. The van der Waals surface area contributed by atoms with Gasteiger partial charge in [0.1, 0.15) is 5.69 Å². The molecule has 0 N–H and O–H groups in total. The maximum Gasteiger partial charge on any atom is 0.164 e. The van der Waals surface area contributed by atoms with Gasteiger partial charge in [-0.3, -0.25) is 0 Å². The van der Waals surface area contributed by atoms with Crippen molar-refractivity contribution in [2.24, 2.45) is 0 Å². The Morgan fingerprint density at radius 1 is 0.433 bits per heavy atom. The van der Waals surface area contributed by atoms with Crippen LogP contribution in [0.1, 0.15) is 36.3 Å². The van der Waals surface area contributed by atoms with E-state index in [1.54, 1.807) is 0 Å². The summed E-state index contributed by atoms with van der Waals surface area (Å²) in [5.74, 6) is 2.19. The average molecular weight is 860 g/mol. The summed E-state index contributed by atoms with van der Waals surface area (Å²) in [6, 6.07) is 66.5. The molecule has 3 heterocycles. The van der Waals surface area contributed by atoms with E-state index in [-0.39, 0.29) is 0 Å². The molecule has 2 aliphatic rings. The number of benzene rings is 7. The Labute approximate surface area is 390 Å². The van der Waals surface area contributed by atoms with E-state index in [0.29, 0.717) is 23.4 Å². The van der Waals surface area contributed by atoms with Crippen LogP contribution in [0.5, 0.6) is 0 Å². The van der Waals surface area contributed by atoms with E-state index >= 15 is 0 Å². The fourth-order valence-electron chi connectivity index (χ4n) is 9.79. The van der Waals surface area contributed by atoms with E-state index in [9.17, 15) is 0 Å². The Morgan fingerprint density at radius 2 is 1.03 bits per heavy atom. The standard InChI is InChI=1S/C62H45N5/c1-6-20-42(21-7-1)49-30-18-32-51(40-49)61-63-60(64-62(65-61)52-33-19-31-50(41-52)43-22-8-2-9-23-43)48-38-36-45(37-39-48)55-53-34-16-17-35-54(53)59-56(44-24-10-3-11-25-44)57(46-26-12-4-13-27-46)66-67(59)58(55)47-28-14-5-15-29-47/h1-10,12-22,24,26-41,43H,11,23,25H2. The molecular weight excluding hydrogens is 815 g/mol. The minimum absolute atomic E-state index is 0.302. The summed E-state index contributed by atoms with van der Waals surface area (Å²) in [6.07, 6.45) is 18.4. The molecule has 0 bridgehead atoms. The molecule has 10 aromatic rings. The second-order valence-electron chi connectivity index (χ2n) is 17.3. The molecule has 12 rings (SSSR count). The second-order valence-corrected chi connectivity index (χ2v) is 17.3. The zero-order chi connectivity index (χ0) is 44.5. The van der Waals surface area contributed by atoms with Crippen molar-refractivity contribution < 1.29 is 0 Å².